The standard InChI is InChI=1S/C28H33N3O5S/c1-21-9-12-24(13-10-21)37(33,34)29(2)20-23-19-22(11-14-26(23)35-3)28(32)31-17-15-30(16-18-31)25-7-5-6-8-27(25)36-4/h5-14,19H,15-18,20H2,1-4H3. The minimum absolute atomic E-state index is 0.0715. The van der Waals surface area contributed by atoms with E-state index < -0.39 is 10.0 Å². The molecule has 0 unspecified atom stereocenters. The van der Waals surface area contributed by atoms with Crippen LogP contribution in [0.4, 0.5) is 5.69 Å². The molecule has 0 aliphatic carbocycles. The molecule has 0 saturated carbocycles. The van der Waals surface area contributed by atoms with E-state index >= 15 is 0 Å². The minimum atomic E-state index is -3.70. The summed E-state index contributed by atoms with van der Waals surface area (Å²) in [5.74, 6) is 1.25. The van der Waals surface area contributed by atoms with E-state index in [1.807, 2.05) is 36.1 Å². The molecule has 196 valence electrons. The van der Waals surface area contributed by atoms with Crippen molar-refractivity contribution in [2.24, 2.45) is 0 Å². The number of ether oxygens (including phenoxy) is 2. The van der Waals surface area contributed by atoms with Crippen LogP contribution in [-0.2, 0) is 16.6 Å². The zero-order valence-corrected chi connectivity index (χ0v) is 22.5. The quantitative estimate of drug-likeness (QED) is 0.447. The van der Waals surface area contributed by atoms with E-state index in [2.05, 4.69) is 4.90 Å². The van der Waals surface area contributed by atoms with Crippen LogP contribution in [0, 0.1) is 6.92 Å². The molecule has 1 aliphatic rings. The molecule has 1 amide bonds. The third kappa shape index (κ3) is 5.73. The SMILES string of the molecule is COc1ccc(C(=O)N2CCN(c3ccccc3OC)CC2)cc1CN(C)S(=O)(=O)c1ccc(C)cc1. The van der Waals surface area contributed by atoms with Crippen LogP contribution in [-0.4, -0.2) is 71.0 Å². The summed E-state index contributed by atoms with van der Waals surface area (Å²) < 4.78 is 38.4. The fourth-order valence-electron chi connectivity index (χ4n) is 4.47. The predicted octanol–water partition coefficient (Wildman–Crippen LogP) is 3.80. The van der Waals surface area contributed by atoms with E-state index in [0.29, 0.717) is 43.1 Å². The molecule has 0 aromatic heterocycles. The molecule has 8 nitrogen and oxygen atoms in total. The third-order valence-corrected chi connectivity index (χ3v) is 8.46. The lowest BCUT2D eigenvalue weighted by atomic mass is 10.1. The van der Waals surface area contributed by atoms with Gasteiger partial charge < -0.3 is 19.3 Å². The fourth-order valence-corrected chi connectivity index (χ4v) is 5.62. The summed E-state index contributed by atoms with van der Waals surface area (Å²) in [6, 6.07) is 19.8. The summed E-state index contributed by atoms with van der Waals surface area (Å²) in [6.07, 6.45) is 0. The van der Waals surface area contributed by atoms with E-state index in [-0.39, 0.29) is 17.3 Å². The van der Waals surface area contributed by atoms with E-state index in [4.69, 9.17) is 9.47 Å². The largest absolute Gasteiger partial charge is 0.496 e. The fraction of sp³-hybridized carbons (Fsp3) is 0.321. The van der Waals surface area contributed by atoms with Crippen LogP contribution in [0.3, 0.4) is 0 Å². The maximum atomic E-state index is 13.4. The average Bonchev–Trinajstić information content (AvgIpc) is 2.93. The molecule has 37 heavy (non-hydrogen) atoms. The normalized spacial score (nSPS) is 14.1. The molecule has 3 aromatic rings. The van der Waals surface area contributed by atoms with Crippen LogP contribution in [0.1, 0.15) is 21.5 Å². The summed E-state index contributed by atoms with van der Waals surface area (Å²) in [7, 11) is 1.01. The lowest BCUT2D eigenvalue weighted by Crippen LogP contribution is -2.48. The van der Waals surface area contributed by atoms with Gasteiger partial charge in [0.05, 0.1) is 24.8 Å². The average molecular weight is 524 g/mol. The number of carbonyl (C=O) groups is 1. The van der Waals surface area contributed by atoms with Crippen LogP contribution in [0.5, 0.6) is 11.5 Å². The van der Waals surface area contributed by atoms with Crippen molar-refractivity contribution in [3.8, 4) is 11.5 Å². The Balaban J connectivity index is 1.48. The van der Waals surface area contributed by atoms with Crippen molar-refractivity contribution in [2.45, 2.75) is 18.4 Å². The van der Waals surface area contributed by atoms with Gasteiger partial charge in [-0.25, -0.2) is 8.42 Å². The van der Waals surface area contributed by atoms with Crippen molar-refractivity contribution in [2.75, 3.05) is 52.3 Å². The van der Waals surface area contributed by atoms with Gasteiger partial charge in [-0.3, -0.25) is 4.79 Å². The number of hydrogen-bond acceptors (Lipinski definition) is 6. The number of hydrogen-bond donors (Lipinski definition) is 0. The number of benzene rings is 3. The molecular formula is C28H33N3O5S. The Labute approximate surface area is 219 Å². The van der Waals surface area contributed by atoms with E-state index in [1.165, 1.54) is 18.5 Å². The second-order valence-corrected chi connectivity index (χ2v) is 11.1. The molecule has 0 bridgehead atoms. The first-order valence-electron chi connectivity index (χ1n) is 12.1. The molecule has 0 N–H and O–H groups in total. The Hall–Kier alpha value is -3.56. The van der Waals surface area contributed by atoms with Gasteiger partial charge in [-0.15, -0.1) is 0 Å². The van der Waals surface area contributed by atoms with Crippen LogP contribution < -0.4 is 14.4 Å². The zero-order valence-electron chi connectivity index (χ0n) is 21.7. The van der Waals surface area contributed by atoms with Crippen LogP contribution >= 0.6 is 0 Å². The number of nitrogens with zero attached hydrogens (tertiary/aromatic N) is 3. The van der Waals surface area contributed by atoms with E-state index in [1.54, 1.807) is 49.6 Å². The Bertz CT molecular complexity index is 1350. The number of piperazine rings is 1. The summed E-state index contributed by atoms with van der Waals surface area (Å²) >= 11 is 0. The Morgan fingerprint density at radius 2 is 1.54 bits per heavy atom. The first kappa shape index (κ1) is 26.5. The van der Waals surface area contributed by atoms with Gasteiger partial charge in [-0.05, 0) is 49.4 Å². The van der Waals surface area contributed by atoms with Crippen molar-refractivity contribution < 1.29 is 22.7 Å². The Kier molecular flexibility index (Phi) is 8.04. The highest BCUT2D eigenvalue weighted by Gasteiger charge is 2.26. The van der Waals surface area contributed by atoms with E-state index in [0.717, 1.165) is 17.0 Å². The molecule has 0 atom stereocenters. The Morgan fingerprint density at radius 1 is 0.892 bits per heavy atom. The molecule has 9 heteroatoms. The molecule has 1 saturated heterocycles. The van der Waals surface area contributed by atoms with Crippen LogP contribution in [0.2, 0.25) is 0 Å². The predicted molar refractivity (Wildman–Crippen MR) is 144 cm³/mol. The van der Waals surface area contributed by atoms with Crippen molar-refractivity contribution in [1.29, 1.82) is 0 Å². The van der Waals surface area contributed by atoms with Gasteiger partial charge in [0, 0.05) is 50.9 Å². The monoisotopic (exact) mass is 523 g/mol. The molecule has 1 fully saturated rings. The topological polar surface area (TPSA) is 79.4 Å². The molecular weight excluding hydrogens is 490 g/mol. The summed E-state index contributed by atoms with van der Waals surface area (Å²) in [4.78, 5) is 17.6. The molecule has 4 rings (SSSR count). The van der Waals surface area contributed by atoms with Crippen molar-refractivity contribution in [1.82, 2.24) is 9.21 Å². The number of rotatable bonds is 8. The first-order chi connectivity index (χ1) is 17.7. The van der Waals surface area contributed by atoms with Crippen LogP contribution in [0.15, 0.2) is 71.6 Å². The smallest absolute Gasteiger partial charge is 0.253 e. The summed E-state index contributed by atoms with van der Waals surface area (Å²) in [6.45, 7) is 4.49. The molecule has 0 spiro atoms. The highest BCUT2D eigenvalue weighted by molar-refractivity contribution is 7.89. The second kappa shape index (κ2) is 11.2. The summed E-state index contributed by atoms with van der Waals surface area (Å²) in [5, 5.41) is 0. The molecule has 1 heterocycles. The highest BCUT2D eigenvalue weighted by atomic mass is 32.2. The van der Waals surface area contributed by atoms with Gasteiger partial charge in [0.2, 0.25) is 10.0 Å². The van der Waals surface area contributed by atoms with Gasteiger partial charge in [0.15, 0.2) is 0 Å². The highest BCUT2D eigenvalue weighted by Crippen LogP contribution is 2.29. The lowest BCUT2D eigenvalue weighted by Gasteiger charge is -2.36. The number of sulfonamides is 1. The first-order valence-corrected chi connectivity index (χ1v) is 13.6. The Morgan fingerprint density at radius 3 is 2.19 bits per heavy atom. The number of amides is 1. The number of methoxy groups -OCH3 is 2. The number of anilines is 1. The maximum Gasteiger partial charge on any atom is 0.253 e. The van der Waals surface area contributed by atoms with Crippen molar-refractivity contribution in [3.05, 3.63) is 83.4 Å². The maximum absolute atomic E-state index is 13.4. The van der Waals surface area contributed by atoms with Gasteiger partial charge in [-0.2, -0.15) is 4.31 Å². The summed E-state index contributed by atoms with van der Waals surface area (Å²) in [5.41, 5.74) is 3.13. The number of carbonyl (C=O) groups excluding carboxylic acids is 1. The second-order valence-electron chi connectivity index (χ2n) is 9.05. The minimum Gasteiger partial charge on any atom is -0.496 e. The van der Waals surface area contributed by atoms with Crippen molar-refractivity contribution in [3.63, 3.8) is 0 Å². The van der Waals surface area contributed by atoms with Gasteiger partial charge >= 0.3 is 0 Å². The van der Waals surface area contributed by atoms with Gasteiger partial charge in [0.25, 0.3) is 5.91 Å². The third-order valence-electron chi connectivity index (χ3n) is 6.64. The number of aryl methyl sites for hydroxylation is 1. The lowest BCUT2D eigenvalue weighted by molar-refractivity contribution is 0.0746. The number of para-hydroxylation sites is 2. The van der Waals surface area contributed by atoms with Crippen molar-refractivity contribution >= 4 is 21.6 Å². The molecule has 3 aromatic carbocycles. The zero-order chi connectivity index (χ0) is 26.6. The van der Waals surface area contributed by atoms with Crippen LogP contribution in [0.25, 0.3) is 0 Å². The molecule has 1 aliphatic heterocycles. The van der Waals surface area contributed by atoms with Gasteiger partial charge in [-0.1, -0.05) is 29.8 Å². The van der Waals surface area contributed by atoms with Gasteiger partial charge in [0.1, 0.15) is 11.5 Å². The van der Waals surface area contributed by atoms with E-state index in [9.17, 15) is 13.2 Å². The molecule has 0 radical (unpaired) electrons.